The first kappa shape index (κ1) is 29.7. The molecule has 0 aliphatic carbocycles. The maximum Gasteiger partial charge on any atom is 0.253 e. The molecule has 0 atom stereocenters. The van der Waals surface area contributed by atoms with Gasteiger partial charge in [-0.2, -0.15) is 0 Å². The third-order valence-electron chi connectivity index (χ3n) is 7.76. The molecule has 0 spiro atoms. The molecule has 1 aliphatic rings. The number of hydrogen-bond acceptors (Lipinski definition) is 3. The predicted octanol–water partition coefficient (Wildman–Crippen LogP) is 7.23. The fraction of sp³-hybridized carbons (Fsp3) is 0.576. The highest BCUT2D eigenvalue weighted by Crippen LogP contribution is 2.25. The molecule has 0 N–H and O–H groups in total. The van der Waals surface area contributed by atoms with E-state index in [4.69, 9.17) is 4.74 Å². The summed E-state index contributed by atoms with van der Waals surface area (Å²) in [6.45, 7) is 11.6. The number of likely N-dealkylation sites (tertiary alicyclic amines) is 1. The van der Waals surface area contributed by atoms with Crippen molar-refractivity contribution in [2.75, 3.05) is 26.7 Å². The Morgan fingerprint density at radius 2 is 1.55 bits per heavy atom. The lowest BCUT2D eigenvalue weighted by atomic mass is 9.86. The smallest absolute Gasteiger partial charge is 0.253 e. The van der Waals surface area contributed by atoms with Gasteiger partial charge in [0.2, 0.25) is 5.91 Å². The van der Waals surface area contributed by atoms with Gasteiger partial charge < -0.3 is 14.5 Å². The summed E-state index contributed by atoms with van der Waals surface area (Å²) in [6, 6.07) is 16.1. The highest BCUT2D eigenvalue weighted by molar-refractivity contribution is 5.94. The van der Waals surface area contributed by atoms with Crippen LogP contribution >= 0.6 is 0 Å². The van der Waals surface area contributed by atoms with Crippen molar-refractivity contribution < 1.29 is 14.3 Å². The van der Waals surface area contributed by atoms with Crippen molar-refractivity contribution in [2.45, 2.75) is 91.0 Å². The van der Waals surface area contributed by atoms with Crippen LogP contribution in [0.2, 0.25) is 0 Å². The van der Waals surface area contributed by atoms with Crippen LogP contribution in [-0.4, -0.2) is 48.4 Å². The third kappa shape index (κ3) is 8.89. The minimum Gasteiger partial charge on any atom is -0.497 e. The Hall–Kier alpha value is -2.82. The van der Waals surface area contributed by atoms with Gasteiger partial charge in [-0.3, -0.25) is 9.59 Å². The van der Waals surface area contributed by atoms with E-state index in [0.29, 0.717) is 18.9 Å². The predicted molar refractivity (Wildman–Crippen MR) is 156 cm³/mol. The molecule has 0 saturated carbocycles. The zero-order chi connectivity index (χ0) is 27.5. The Kier molecular flexibility index (Phi) is 11.2. The van der Waals surface area contributed by atoms with Gasteiger partial charge in [-0.05, 0) is 66.0 Å². The van der Waals surface area contributed by atoms with Crippen LogP contribution in [0, 0.1) is 5.92 Å². The number of benzene rings is 2. The van der Waals surface area contributed by atoms with Crippen molar-refractivity contribution in [3.8, 4) is 5.75 Å². The van der Waals surface area contributed by atoms with Gasteiger partial charge in [-0.15, -0.1) is 0 Å². The van der Waals surface area contributed by atoms with Gasteiger partial charge in [0.05, 0.1) is 7.11 Å². The van der Waals surface area contributed by atoms with Crippen LogP contribution in [0.4, 0.5) is 0 Å². The Balaban J connectivity index is 1.57. The molecule has 1 fully saturated rings. The first-order chi connectivity index (χ1) is 18.2. The van der Waals surface area contributed by atoms with Crippen LogP contribution in [0.15, 0.2) is 48.5 Å². The highest BCUT2D eigenvalue weighted by Gasteiger charge is 2.27. The normalized spacial score (nSPS) is 14.4. The van der Waals surface area contributed by atoms with Gasteiger partial charge in [0.1, 0.15) is 5.75 Å². The van der Waals surface area contributed by atoms with E-state index < -0.39 is 0 Å². The molecule has 0 radical (unpaired) electrons. The van der Waals surface area contributed by atoms with Gasteiger partial charge in [-0.25, -0.2) is 0 Å². The summed E-state index contributed by atoms with van der Waals surface area (Å²) in [4.78, 5) is 30.4. The number of ether oxygens (including phenoxy) is 1. The molecular weight excluding hydrogens is 472 g/mol. The average molecular weight is 521 g/mol. The lowest BCUT2D eigenvalue weighted by molar-refractivity contribution is -0.132. The van der Waals surface area contributed by atoms with Crippen LogP contribution in [0.1, 0.15) is 101 Å². The number of unbranched alkanes of at least 4 members (excludes halogenated alkanes) is 4. The summed E-state index contributed by atoms with van der Waals surface area (Å²) in [6.07, 6.45) is 8.19. The fourth-order valence-electron chi connectivity index (χ4n) is 5.17. The standard InChI is InChI=1S/C33H48N2O3/c1-6-7-8-9-10-11-31(36)35(24-26-12-18-30(38-5)19-13-26)25-27-20-22-34(23-21-27)32(37)28-14-16-29(17-15-28)33(2,3)4/h12-19,27H,6-11,20-25H2,1-5H3. The quantitative estimate of drug-likeness (QED) is 0.277. The van der Waals surface area contributed by atoms with Crippen molar-refractivity contribution in [2.24, 2.45) is 5.92 Å². The number of nitrogens with zero attached hydrogens (tertiary/aromatic N) is 2. The van der Waals surface area contributed by atoms with Gasteiger partial charge in [-0.1, -0.05) is 77.6 Å². The summed E-state index contributed by atoms with van der Waals surface area (Å²) in [5.41, 5.74) is 3.19. The first-order valence-electron chi connectivity index (χ1n) is 14.5. The average Bonchev–Trinajstić information content (AvgIpc) is 2.92. The highest BCUT2D eigenvalue weighted by atomic mass is 16.5. The van der Waals surface area contributed by atoms with Gasteiger partial charge >= 0.3 is 0 Å². The third-order valence-corrected chi connectivity index (χ3v) is 7.76. The maximum atomic E-state index is 13.3. The molecule has 0 bridgehead atoms. The number of piperidine rings is 1. The Labute approximate surface area is 230 Å². The second kappa shape index (κ2) is 14.4. The zero-order valence-electron chi connectivity index (χ0n) is 24.3. The van der Waals surface area contributed by atoms with E-state index in [1.165, 1.54) is 24.8 Å². The first-order valence-corrected chi connectivity index (χ1v) is 14.5. The van der Waals surface area contributed by atoms with Crippen LogP contribution < -0.4 is 4.74 Å². The van der Waals surface area contributed by atoms with Gasteiger partial charge in [0.15, 0.2) is 0 Å². The van der Waals surface area contributed by atoms with Crippen LogP contribution in [0.5, 0.6) is 5.75 Å². The van der Waals surface area contributed by atoms with E-state index in [1.54, 1.807) is 7.11 Å². The number of carbonyl (C=O) groups excluding carboxylic acids is 2. The Bertz CT molecular complexity index is 1000. The van der Waals surface area contributed by atoms with Gasteiger partial charge in [0.25, 0.3) is 5.91 Å². The van der Waals surface area contributed by atoms with Gasteiger partial charge in [0, 0.05) is 38.2 Å². The number of carbonyl (C=O) groups is 2. The summed E-state index contributed by atoms with van der Waals surface area (Å²) in [5, 5.41) is 0. The van der Waals surface area contributed by atoms with Crippen molar-refractivity contribution in [1.29, 1.82) is 0 Å². The number of rotatable bonds is 12. The lowest BCUT2D eigenvalue weighted by Gasteiger charge is -2.35. The van der Waals surface area contributed by atoms with Crippen molar-refractivity contribution in [3.63, 3.8) is 0 Å². The van der Waals surface area contributed by atoms with E-state index in [0.717, 1.165) is 62.2 Å². The molecule has 2 aromatic rings. The Morgan fingerprint density at radius 3 is 2.13 bits per heavy atom. The molecule has 1 saturated heterocycles. The van der Waals surface area contributed by atoms with Crippen LogP contribution in [0.25, 0.3) is 0 Å². The lowest BCUT2D eigenvalue weighted by Crippen LogP contribution is -2.42. The number of amides is 2. The molecule has 2 amide bonds. The molecule has 5 heteroatoms. The topological polar surface area (TPSA) is 49.9 Å². The molecule has 1 aliphatic heterocycles. The summed E-state index contributed by atoms with van der Waals surface area (Å²) >= 11 is 0. The summed E-state index contributed by atoms with van der Waals surface area (Å²) < 4.78 is 5.30. The van der Waals surface area contributed by atoms with Crippen molar-refractivity contribution >= 4 is 11.8 Å². The molecule has 0 aromatic heterocycles. The van der Waals surface area contributed by atoms with E-state index >= 15 is 0 Å². The van der Waals surface area contributed by atoms with E-state index in [-0.39, 0.29) is 17.2 Å². The minimum atomic E-state index is 0.0740. The van der Waals surface area contributed by atoms with E-state index in [2.05, 4.69) is 44.7 Å². The van der Waals surface area contributed by atoms with Crippen molar-refractivity contribution in [1.82, 2.24) is 9.80 Å². The Morgan fingerprint density at radius 1 is 0.921 bits per heavy atom. The van der Waals surface area contributed by atoms with Crippen LogP contribution in [-0.2, 0) is 16.8 Å². The molecule has 2 aromatic carbocycles. The monoisotopic (exact) mass is 520 g/mol. The molecule has 3 rings (SSSR count). The maximum absolute atomic E-state index is 13.3. The molecule has 1 heterocycles. The molecule has 0 unspecified atom stereocenters. The zero-order valence-corrected chi connectivity index (χ0v) is 24.3. The van der Waals surface area contributed by atoms with Crippen molar-refractivity contribution in [3.05, 3.63) is 65.2 Å². The summed E-state index contributed by atoms with van der Waals surface area (Å²) in [7, 11) is 1.67. The number of hydrogen-bond donors (Lipinski definition) is 0. The largest absolute Gasteiger partial charge is 0.497 e. The molecule has 5 nitrogen and oxygen atoms in total. The molecular formula is C33H48N2O3. The summed E-state index contributed by atoms with van der Waals surface area (Å²) in [5.74, 6) is 1.59. The molecule has 38 heavy (non-hydrogen) atoms. The second-order valence-corrected chi connectivity index (χ2v) is 11.8. The minimum absolute atomic E-state index is 0.0740. The fourth-order valence-corrected chi connectivity index (χ4v) is 5.17. The van der Waals surface area contributed by atoms with Crippen LogP contribution in [0.3, 0.4) is 0 Å². The van der Waals surface area contributed by atoms with E-state index in [9.17, 15) is 9.59 Å². The molecule has 208 valence electrons. The number of methoxy groups -OCH3 is 1. The second-order valence-electron chi connectivity index (χ2n) is 11.8. The SMILES string of the molecule is CCCCCCCC(=O)N(Cc1ccc(OC)cc1)CC1CCN(C(=O)c2ccc(C(C)(C)C)cc2)CC1. The van der Waals surface area contributed by atoms with E-state index in [1.807, 2.05) is 41.3 Å².